The van der Waals surface area contributed by atoms with Crippen molar-refractivity contribution >= 4 is 20.3 Å². The van der Waals surface area contributed by atoms with Gasteiger partial charge in [-0.05, 0) is 0 Å². The normalized spacial score (nSPS) is 7.00. The second kappa shape index (κ2) is 12.8. The summed E-state index contributed by atoms with van der Waals surface area (Å²) >= 11 is 6.36. The number of rotatable bonds is 3. The molecule has 0 bridgehead atoms. The molecule has 0 spiro atoms. The molecule has 0 aromatic carbocycles. The summed E-state index contributed by atoms with van der Waals surface area (Å²) in [6.07, 6.45) is 4.09. The number of allylic oxidation sites excluding steroid dienone is 1. The van der Waals surface area contributed by atoms with Crippen molar-refractivity contribution in [3.05, 3.63) is 12.7 Å². The maximum absolute atomic E-state index is 5.22. The molecule has 0 saturated heterocycles. The van der Waals surface area contributed by atoms with Crippen LogP contribution in [0.4, 0.5) is 0 Å². The van der Waals surface area contributed by atoms with Crippen LogP contribution >= 0.6 is 12.6 Å². The van der Waals surface area contributed by atoms with Crippen LogP contribution in [0.25, 0.3) is 0 Å². The Morgan fingerprint density at radius 2 is 2.20 bits per heavy atom. The molecule has 0 saturated carbocycles. The first-order valence-corrected chi connectivity index (χ1v) is 6.20. The molecule has 10 heavy (non-hydrogen) atoms. The summed E-state index contributed by atoms with van der Waals surface area (Å²) in [5, 5.41) is 0. The number of hydrogen-bond acceptors (Lipinski definition) is 1. The minimum atomic E-state index is 1.17. The van der Waals surface area contributed by atoms with Crippen LogP contribution in [0.5, 0.6) is 0 Å². The van der Waals surface area contributed by atoms with Crippen molar-refractivity contribution in [2.75, 3.05) is 0 Å². The summed E-state index contributed by atoms with van der Waals surface area (Å²) in [6, 6.07) is 0. The van der Waals surface area contributed by atoms with Crippen LogP contribution in [0.15, 0.2) is 6.08 Å². The van der Waals surface area contributed by atoms with E-state index in [0.717, 1.165) is 0 Å². The molecule has 0 nitrogen and oxygen atoms in total. The first kappa shape index (κ1) is 13.8. The van der Waals surface area contributed by atoms with Crippen LogP contribution < -0.4 is 0 Å². The molecule has 0 aliphatic rings. The molecule has 0 radical (unpaired) electrons. The van der Waals surface area contributed by atoms with E-state index in [4.69, 9.17) is 6.58 Å². The van der Waals surface area contributed by atoms with Crippen molar-refractivity contribution in [3.8, 4) is 0 Å². The van der Waals surface area contributed by atoms with Crippen LogP contribution in [0, 0.1) is 6.58 Å². The van der Waals surface area contributed by atoms with Gasteiger partial charge in [0.15, 0.2) is 0 Å². The standard InChI is InChI=1S/C6H9.CHS.2W/c1-3-5-6-4-2;1-2;;/h1,3H,4,6H2,2H3;2H;;/q2*-1;;. The predicted molar refractivity (Wildman–Crippen MR) is 42.8 cm³/mol. The zero-order chi connectivity index (χ0) is 8.41. The molecule has 58 valence electrons. The van der Waals surface area contributed by atoms with E-state index in [2.05, 4.69) is 23.3 Å². The van der Waals surface area contributed by atoms with Crippen LogP contribution in [0.1, 0.15) is 19.8 Å². The van der Waals surface area contributed by atoms with Gasteiger partial charge in [-0.3, -0.25) is 0 Å². The SMILES string of the molecule is S[C-]=[W].[CH-]=C[C](=[W])CCC. The predicted octanol–water partition coefficient (Wildman–Crippen LogP) is 1.59. The van der Waals surface area contributed by atoms with Crippen LogP contribution in [-0.4, -0.2) is 7.63 Å². The van der Waals surface area contributed by atoms with Gasteiger partial charge in [0.2, 0.25) is 0 Å². The Morgan fingerprint density at radius 3 is 2.30 bits per heavy atom. The summed E-state index contributed by atoms with van der Waals surface area (Å²) in [4.78, 5) is 0. The third kappa shape index (κ3) is 16.1. The van der Waals surface area contributed by atoms with Gasteiger partial charge in [-0.1, -0.05) is 0 Å². The average molecular weight is 494 g/mol. The molecule has 3 heteroatoms. The molecule has 0 unspecified atom stereocenters. The summed E-state index contributed by atoms with van der Waals surface area (Å²) < 4.78 is 3.89. The summed E-state index contributed by atoms with van der Waals surface area (Å²) in [5.74, 6) is 0. The van der Waals surface area contributed by atoms with E-state index >= 15 is 0 Å². The molecule has 0 aromatic heterocycles. The van der Waals surface area contributed by atoms with Gasteiger partial charge in [-0.25, -0.2) is 0 Å². The van der Waals surface area contributed by atoms with Gasteiger partial charge in [0.1, 0.15) is 0 Å². The third-order valence-corrected chi connectivity index (χ3v) is 1.90. The van der Waals surface area contributed by atoms with Gasteiger partial charge >= 0.3 is 91.4 Å². The van der Waals surface area contributed by atoms with Crippen LogP contribution in [-0.2, 0) is 38.7 Å². The van der Waals surface area contributed by atoms with E-state index in [-0.39, 0.29) is 0 Å². The van der Waals surface area contributed by atoms with Gasteiger partial charge in [-0.2, -0.15) is 0 Å². The van der Waals surface area contributed by atoms with E-state index in [0.29, 0.717) is 0 Å². The first-order valence-electron chi connectivity index (χ1n) is 2.81. The van der Waals surface area contributed by atoms with E-state index in [1.165, 1.54) is 55.4 Å². The van der Waals surface area contributed by atoms with Gasteiger partial charge in [0.25, 0.3) is 0 Å². The van der Waals surface area contributed by atoms with Crippen molar-refractivity contribution in [1.82, 2.24) is 0 Å². The van der Waals surface area contributed by atoms with Crippen molar-refractivity contribution in [2.45, 2.75) is 19.8 Å². The second-order valence-corrected chi connectivity index (χ2v) is 5.51. The molecule has 0 atom stereocenters. The van der Waals surface area contributed by atoms with E-state index in [9.17, 15) is 0 Å². The molecule has 0 aromatic rings. The fourth-order valence-electron chi connectivity index (χ4n) is 0.330. The number of hydrogen-bond donors (Lipinski definition) is 1. The molecule has 0 rings (SSSR count). The topological polar surface area (TPSA) is 0 Å². The monoisotopic (exact) mass is 494 g/mol. The fraction of sp³-hybridized carbons (Fsp3) is 0.429. The molecular weight excluding hydrogens is 484 g/mol. The maximum atomic E-state index is 5.22. The fourth-order valence-corrected chi connectivity index (χ4v) is 1.06. The van der Waals surface area contributed by atoms with Crippen LogP contribution in [0.3, 0.4) is 0 Å². The Labute approximate surface area is 90.7 Å². The van der Waals surface area contributed by atoms with Gasteiger partial charge in [-0.15, -0.1) is 0 Å². The third-order valence-electron chi connectivity index (χ3n) is 0.682. The van der Waals surface area contributed by atoms with Crippen LogP contribution in [0.2, 0.25) is 0 Å². The molecule has 0 aliphatic heterocycles. The first-order chi connectivity index (χ1) is 4.72. The summed E-state index contributed by atoms with van der Waals surface area (Å²) in [7, 11) is 0. The van der Waals surface area contributed by atoms with Crippen molar-refractivity contribution < 1.29 is 38.7 Å². The molecule has 0 fully saturated rings. The zero-order valence-electron chi connectivity index (χ0n) is 5.83. The van der Waals surface area contributed by atoms with E-state index in [1.54, 1.807) is 6.08 Å². The Bertz CT molecular complexity index is 110. The molecule has 0 heterocycles. The molecule has 0 N–H and O–H groups in total. The Morgan fingerprint density at radius 1 is 1.80 bits per heavy atom. The Balaban J connectivity index is 0. The summed E-state index contributed by atoms with van der Waals surface area (Å²) in [6.45, 7) is 7.38. The Kier molecular flexibility index (Phi) is 17.7. The van der Waals surface area contributed by atoms with Crippen molar-refractivity contribution in [2.24, 2.45) is 0 Å². The second-order valence-electron chi connectivity index (χ2n) is 1.47. The van der Waals surface area contributed by atoms with E-state index in [1.807, 2.05) is 0 Å². The van der Waals surface area contributed by atoms with Gasteiger partial charge in [0.05, 0.1) is 0 Å². The molecular formula is C7H10SW2-2. The Hall–Kier alpha value is 1.21. The zero-order valence-corrected chi connectivity index (χ0v) is 12.6. The van der Waals surface area contributed by atoms with Crippen molar-refractivity contribution in [1.29, 1.82) is 0 Å². The molecule has 0 amide bonds. The van der Waals surface area contributed by atoms with Gasteiger partial charge < -0.3 is 0 Å². The average Bonchev–Trinajstić information content (AvgIpc) is 1.90. The summed E-state index contributed by atoms with van der Waals surface area (Å²) in [5.41, 5.74) is 0. The van der Waals surface area contributed by atoms with Crippen molar-refractivity contribution in [3.63, 3.8) is 0 Å². The quantitative estimate of drug-likeness (QED) is 0.448. The minimum absolute atomic E-state index is 1.17. The van der Waals surface area contributed by atoms with Gasteiger partial charge in [0, 0.05) is 0 Å². The van der Waals surface area contributed by atoms with E-state index < -0.39 is 0 Å². The molecule has 0 aliphatic carbocycles. The number of thiol groups is 1.